The Labute approximate surface area is 172 Å². The molecule has 0 aliphatic carbocycles. The number of amides is 1. The lowest BCUT2D eigenvalue weighted by Gasteiger charge is -2.20. The average molecular weight is 440 g/mol. The van der Waals surface area contributed by atoms with Gasteiger partial charge in [0.15, 0.2) is 0 Å². The normalized spacial score (nSPS) is 18.9. The number of rotatable bonds is 5. The fourth-order valence-electron chi connectivity index (χ4n) is 3.41. The lowest BCUT2D eigenvalue weighted by Crippen LogP contribution is -2.43. The standard InChI is InChI=1S/C21H22BrN5O/c1-26(13-15-12-23-27(14-15)18-5-3-2-4-6-18)21(28)20-11-19(24-25-20)16-7-9-17(22)10-8-16/h2-10,12,14,19-20,24-25H,11,13H2,1H3. The fourth-order valence-corrected chi connectivity index (χ4v) is 3.68. The fraction of sp³-hybridized carbons (Fsp3) is 0.238. The maximum absolute atomic E-state index is 12.8. The van der Waals surface area contributed by atoms with E-state index < -0.39 is 0 Å². The SMILES string of the molecule is CN(Cc1cnn(-c2ccccc2)c1)C(=O)C1CC(c2ccc(Br)cc2)NN1. The molecular formula is C21H22BrN5O. The summed E-state index contributed by atoms with van der Waals surface area (Å²) in [4.78, 5) is 14.6. The van der Waals surface area contributed by atoms with Gasteiger partial charge in [-0.2, -0.15) is 5.10 Å². The molecule has 0 spiro atoms. The number of carbonyl (C=O) groups excluding carboxylic acids is 1. The van der Waals surface area contributed by atoms with Crippen LogP contribution in [0, 0.1) is 0 Å². The van der Waals surface area contributed by atoms with Gasteiger partial charge in [0.1, 0.15) is 6.04 Å². The molecule has 7 heteroatoms. The molecule has 0 saturated carbocycles. The zero-order valence-corrected chi connectivity index (χ0v) is 17.1. The van der Waals surface area contributed by atoms with E-state index in [0.29, 0.717) is 13.0 Å². The largest absolute Gasteiger partial charge is 0.340 e. The molecule has 1 amide bonds. The molecule has 2 heterocycles. The topological polar surface area (TPSA) is 62.2 Å². The predicted molar refractivity (Wildman–Crippen MR) is 112 cm³/mol. The summed E-state index contributed by atoms with van der Waals surface area (Å²) in [5.41, 5.74) is 9.54. The van der Waals surface area contributed by atoms with Gasteiger partial charge in [0.2, 0.25) is 5.91 Å². The number of aromatic nitrogens is 2. The van der Waals surface area contributed by atoms with Crippen molar-refractivity contribution in [3.63, 3.8) is 0 Å². The van der Waals surface area contributed by atoms with Gasteiger partial charge in [-0.15, -0.1) is 0 Å². The van der Waals surface area contributed by atoms with Crippen molar-refractivity contribution in [2.75, 3.05) is 7.05 Å². The van der Waals surface area contributed by atoms with Crippen LogP contribution in [0.25, 0.3) is 5.69 Å². The third kappa shape index (κ3) is 4.16. The average Bonchev–Trinajstić information content (AvgIpc) is 3.39. The minimum Gasteiger partial charge on any atom is -0.340 e. The highest BCUT2D eigenvalue weighted by atomic mass is 79.9. The highest BCUT2D eigenvalue weighted by Gasteiger charge is 2.31. The molecule has 1 saturated heterocycles. The third-order valence-electron chi connectivity index (χ3n) is 4.93. The molecule has 144 valence electrons. The number of nitrogens with zero attached hydrogens (tertiary/aromatic N) is 3. The number of carbonyl (C=O) groups is 1. The first-order chi connectivity index (χ1) is 13.6. The van der Waals surface area contributed by atoms with Crippen molar-refractivity contribution in [2.45, 2.75) is 25.0 Å². The number of halogens is 1. The third-order valence-corrected chi connectivity index (χ3v) is 5.46. The van der Waals surface area contributed by atoms with Crippen molar-refractivity contribution in [1.29, 1.82) is 0 Å². The van der Waals surface area contributed by atoms with Crippen molar-refractivity contribution in [3.05, 3.63) is 82.6 Å². The van der Waals surface area contributed by atoms with Crippen LogP contribution in [0.5, 0.6) is 0 Å². The van der Waals surface area contributed by atoms with E-state index in [1.165, 1.54) is 0 Å². The molecular weight excluding hydrogens is 418 g/mol. The van der Waals surface area contributed by atoms with E-state index in [0.717, 1.165) is 21.3 Å². The van der Waals surface area contributed by atoms with Crippen molar-refractivity contribution in [3.8, 4) is 5.69 Å². The van der Waals surface area contributed by atoms with E-state index >= 15 is 0 Å². The molecule has 3 aromatic rings. The summed E-state index contributed by atoms with van der Waals surface area (Å²) in [5.74, 6) is 0.0690. The van der Waals surface area contributed by atoms with E-state index in [9.17, 15) is 4.79 Å². The van der Waals surface area contributed by atoms with Gasteiger partial charge in [-0.25, -0.2) is 15.5 Å². The highest BCUT2D eigenvalue weighted by Crippen LogP contribution is 2.24. The molecule has 1 aromatic heterocycles. The molecule has 1 aliphatic rings. The Kier molecular flexibility index (Phi) is 5.57. The first kappa shape index (κ1) is 18.9. The van der Waals surface area contributed by atoms with Gasteiger partial charge in [0, 0.05) is 35.9 Å². The Balaban J connectivity index is 1.36. The summed E-state index contributed by atoms with van der Waals surface area (Å²) < 4.78 is 2.87. The maximum atomic E-state index is 12.8. The first-order valence-electron chi connectivity index (χ1n) is 9.20. The minimum absolute atomic E-state index is 0.0690. The smallest absolute Gasteiger partial charge is 0.241 e. The van der Waals surface area contributed by atoms with Crippen LogP contribution >= 0.6 is 15.9 Å². The number of hydrazine groups is 1. The Morgan fingerprint density at radius 2 is 1.93 bits per heavy atom. The molecule has 0 bridgehead atoms. The second kappa shape index (κ2) is 8.26. The molecule has 0 radical (unpaired) electrons. The Hall–Kier alpha value is -2.48. The number of nitrogens with one attached hydrogen (secondary N) is 2. The second-order valence-corrected chi connectivity index (χ2v) is 7.92. The molecule has 4 rings (SSSR count). The number of likely N-dealkylation sites (N-methyl/N-ethyl adjacent to an activating group) is 1. The summed E-state index contributed by atoms with van der Waals surface area (Å²) in [5, 5.41) is 4.40. The molecule has 1 fully saturated rings. The van der Waals surface area contributed by atoms with Crippen LogP contribution in [0.3, 0.4) is 0 Å². The van der Waals surface area contributed by atoms with Gasteiger partial charge in [-0.1, -0.05) is 46.3 Å². The molecule has 6 nitrogen and oxygen atoms in total. The van der Waals surface area contributed by atoms with E-state index in [1.807, 2.05) is 66.6 Å². The van der Waals surface area contributed by atoms with E-state index in [-0.39, 0.29) is 18.0 Å². The highest BCUT2D eigenvalue weighted by molar-refractivity contribution is 9.10. The van der Waals surface area contributed by atoms with Crippen molar-refractivity contribution < 1.29 is 4.79 Å². The van der Waals surface area contributed by atoms with E-state index in [1.54, 1.807) is 4.90 Å². The molecule has 2 atom stereocenters. The van der Waals surface area contributed by atoms with Crippen LogP contribution in [0.15, 0.2) is 71.5 Å². The van der Waals surface area contributed by atoms with Crippen LogP contribution in [0.2, 0.25) is 0 Å². The summed E-state index contributed by atoms with van der Waals surface area (Å²) in [6.07, 6.45) is 4.49. The zero-order chi connectivity index (χ0) is 19.5. The van der Waals surface area contributed by atoms with Gasteiger partial charge in [-0.05, 0) is 36.2 Å². The molecule has 2 aromatic carbocycles. The minimum atomic E-state index is -0.247. The maximum Gasteiger partial charge on any atom is 0.241 e. The zero-order valence-electron chi connectivity index (χ0n) is 15.5. The van der Waals surface area contributed by atoms with Crippen molar-refractivity contribution in [1.82, 2.24) is 25.5 Å². The van der Waals surface area contributed by atoms with Crippen LogP contribution in [-0.2, 0) is 11.3 Å². The van der Waals surface area contributed by atoms with Gasteiger partial charge in [-0.3, -0.25) is 4.79 Å². The quantitative estimate of drug-likeness (QED) is 0.640. The van der Waals surface area contributed by atoms with E-state index in [4.69, 9.17) is 0 Å². The monoisotopic (exact) mass is 439 g/mol. The first-order valence-corrected chi connectivity index (χ1v) is 10.00. The molecule has 1 aliphatic heterocycles. The van der Waals surface area contributed by atoms with Gasteiger partial charge in [0.05, 0.1) is 11.9 Å². The number of para-hydroxylation sites is 1. The van der Waals surface area contributed by atoms with Gasteiger partial charge >= 0.3 is 0 Å². The molecule has 28 heavy (non-hydrogen) atoms. The van der Waals surface area contributed by atoms with Crippen molar-refractivity contribution >= 4 is 21.8 Å². The predicted octanol–water partition coefficient (Wildman–Crippen LogP) is 3.20. The Morgan fingerprint density at radius 1 is 1.18 bits per heavy atom. The number of hydrogen-bond donors (Lipinski definition) is 2. The van der Waals surface area contributed by atoms with Crippen molar-refractivity contribution in [2.24, 2.45) is 0 Å². The molecule has 2 N–H and O–H groups in total. The van der Waals surface area contributed by atoms with Crippen LogP contribution in [-0.4, -0.2) is 33.7 Å². The summed E-state index contributed by atoms with van der Waals surface area (Å²) in [7, 11) is 1.83. The summed E-state index contributed by atoms with van der Waals surface area (Å²) in [6.45, 7) is 0.521. The lowest BCUT2D eigenvalue weighted by atomic mass is 10.0. The second-order valence-electron chi connectivity index (χ2n) is 7.00. The van der Waals surface area contributed by atoms with Crippen LogP contribution in [0.4, 0.5) is 0 Å². The van der Waals surface area contributed by atoms with Gasteiger partial charge in [0.25, 0.3) is 0 Å². The number of hydrogen-bond acceptors (Lipinski definition) is 4. The van der Waals surface area contributed by atoms with Crippen LogP contribution in [0.1, 0.15) is 23.6 Å². The van der Waals surface area contributed by atoms with Crippen LogP contribution < -0.4 is 10.9 Å². The van der Waals surface area contributed by atoms with Gasteiger partial charge < -0.3 is 4.90 Å². The number of benzene rings is 2. The molecule has 2 unspecified atom stereocenters. The summed E-state index contributed by atoms with van der Waals surface area (Å²) >= 11 is 3.45. The Bertz CT molecular complexity index is 941. The lowest BCUT2D eigenvalue weighted by molar-refractivity contribution is -0.132. The van der Waals surface area contributed by atoms with E-state index in [2.05, 4.69) is 44.0 Å². The summed E-state index contributed by atoms with van der Waals surface area (Å²) in [6, 6.07) is 18.0. The Morgan fingerprint density at radius 3 is 2.68 bits per heavy atom.